The molecule has 0 bridgehead atoms. The quantitative estimate of drug-likeness (QED) is 0.905. The molecular formula is C14H17N3O2. The highest BCUT2D eigenvalue weighted by molar-refractivity contribution is 5.50. The van der Waals surface area contributed by atoms with Crippen molar-refractivity contribution in [2.45, 2.75) is 25.4 Å². The second kappa shape index (κ2) is 5.50. The molecular weight excluding hydrogens is 242 g/mol. The second-order valence-electron chi connectivity index (χ2n) is 4.81. The van der Waals surface area contributed by atoms with Crippen LogP contribution >= 0.6 is 0 Å². The van der Waals surface area contributed by atoms with Crippen LogP contribution in [0.1, 0.15) is 18.6 Å². The lowest BCUT2D eigenvalue weighted by atomic mass is 10.2. The third-order valence-electron chi connectivity index (χ3n) is 3.55. The van der Waals surface area contributed by atoms with Crippen molar-refractivity contribution in [2.24, 2.45) is 0 Å². The first-order valence-electron chi connectivity index (χ1n) is 6.57. The van der Waals surface area contributed by atoms with Crippen LogP contribution in [0.15, 0.2) is 35.1 Å². The Morgan fingerprint density at radius 1 is 1.37 bits per heavy atom. The molecule has 1 aliphatic heterocycles. The van der Waals surface area contributed by atoms with Gasteiger partial charge in [-0.1, -0.05) is 0 Å². The molecule has 0 spiro atoms. The van der Waals surface area contributed by atoms with E-state index in [-0.39, 0.29) is 12.6 Å². The van der Waals surface area contributed by atoms with Gasteiger partial charge in [-0.3, -0.25) is 9.88 Å². The van der Waals surface area contributed by atoms with Crippen molar-refractivity contribution in [3.63, 3.8) is 0 Å². The van der Waals surface area contributed by atoms with Gasteiger partial charge in [-0.25, -0.2) is 4.98 Å². The molecule has 2 aromatic rings. The lowest BCUT2D eigenvalue weighted by Gasteiger charge is -2.21. The topological polar surface area (TPSA) is 62.4 Å². The number of nitrogens with zero attached hydrogens (tertiary/aromatic N) is 3. The van der Waals surface area contributed by atoms with Gasteiger partial charge in [0.1, 0.15) is 11.5 Å². The number of rotatable bonds is 4. The Labute approximate surface area is 111 Å². The minimum absolute atomic E-state index is 0.220. The Morgan fingerprint density at radius 2 is 2.32 bits per heavy atom. The van der Waals surface area contributed by atoms with Gasteiger partial charge in [0.2, 0.25) is 0 Å². The number of aliphatic hydroxyl groups is 1. The summed E-state index contributed by atoms with van der Waals surface area (Å²) < 4.78 is 5.80. The zero-order valence-corrected chi connectivity index (χ0v) is 10.7. The van der Waals surface area contributed by atoms with Gasteiger partial charge in [-0.05, 0) is 31.5 Å². The zero-order chi connectivity index (χ0) is 13.1. The second-order valence-corrected chi connectivity index (χ2v) is 4.81. The lowest BCUT2D eigenvalue weighted by Crippen LogP contribution is -2.31. The molecule has 1 saturated heterocycles. The van der Waals surface area contributed by atoms with Crippen LogP contribution in [-0.4, -0.2) is 39.2 Å². The minimum Gasteiger partial charge on any atom is -0.458 e. The number of likely N-dealkylation sites (tertiary alicyclic amines) is 1. The predicted octanol–water partition coefficient (Wildman–Crippen LogP) is 1.69. The molecule has 0 saturated carbocycles. The van der Waals surface area contributed by atoms with E-state index in [2.05, 4.69) is 14.9 Å². The molecule has 0 unspecified atom stereocenters. The molecule has 0 radical (unpaired) electrons. The summed E-state index contributed by atoms with van der Waals surface area (Å²) in [5.74, 6) is 1.64. The van der Waals surface area contributed by atoms with E-state index in [0.717, 1.165) is 43.1 Å². The Bertz CT molecular complexity index is 526. The van der Waals surface area contributed by atoms with Gasteiger partial charge >= 0.3 is 0 Å². The van der Waals surface area contributed by atoms with Crippen LogP contribution < -0.4 is 0 Å². The van der Waals surface area contributed by atoms with Crippen molar-refractivity contribution in [3.8, 4) is 11.5 Å². The first-order chi connectivity index (χ1) is 9.36. The van der Waals surface area contributed by atoms with Crippen LogP contribution in [0.25, 0.3) is 11.5 Å². The van der Waals surface area contributed by atoms with Gasteiger partial charge in [-0.2, -0.15) is 0 Å². The highest BCUT2D eigenvalue weighted by atomic mass is 16.3. The lowest BCUT2D eigenvalue weighted by molar-refractivity contribution is 0.146. The van der Waals surface area contributed by atoms with Gasteiger partial charge < -0.3 is 9.52 Å². The Morgan fingerprint density at radius 3 is 3.11 bits per heavy atom. The van der Waals surface area contributed by atoms with Crippen LogP contribution in [0, 0.1) is 0 Å². The summed E-state index contributed by atoms with van der Waals surface area (Å²) in [4.78, 5) is 10.5. The van der Waals surface area contributed by atoms with E-state index in [1.165, 1.54) is 0 Å². The molecule has 1 fully saturated rings. The number of aliphatic hydroxyl groups excluding tert-OH is 1. The highest BCUT2D eigenvalue weighted by Gasteiger charge is 2.24. The van der Waals surface area contributed by atoms with Gasteiger partial charge in [0.05, 0.1) is 19.3 Å². The smallest absolute Gasteiger partial charge is 0.154 e. The molecule has 2 aromatic heterocycles. The minimum atomic E-state index is 0.220. The molecule has 100 valence electrons. The monoisotopic (exact) mass is 259 g/mol. The number of aromatic nitrogens is 2. The normalized spacial score (nSPS) is 19.9. The molecule has 19 heavy (non-hydrogen) atoms. The van der Waals surface area contributed by atoms with E-state index in [1.54, 1.807) is 18.6 Å². The van der Waals surface area contributed by atoms with Crippen LogP contribution in [0.5, 0.6) is 0 Å². The molecule has 3 heterocycles. The number of hydrogen-bond acceptors (Lipinski definition) is 5. The van der Waals surface area contributed by atoms with Crippen LogP contribution in [-0.2, 0) is 6.54 Å². The van der Waals surface area contributed by atoms with E-state index in [1.807, 2.05) is 12.1 Å². The summed E-state index contributed by atoms with van der Waals surface area (Å²) in [5.41, 5.74) is 0.744. The van der Waals surface area contributed by atoms with Gasteiger partial charge in [0.15, 0.2) is 5.76 Å². The third kappa shape index (κ3) is 2.67. The van der Waals surface area contributed by atoms with E-state index in [0.29, 0.717) is 0 Å². The maximum absolute atomic E-state index is 9.31. The largest absolute Gasteiger partial charge is 0.458 e. The first kappa shape index (κ1) is 12.3. The molecule has 3 rings (SSSR count). The van der Waals surface area contributed by atoms with Crippen molar-refractivity contribution in [1.29, 1.82) is 0 Å². The fourth-order valence-corrected chi connectivity index (χ4v) is 2.54. The average molecular weight is 259 g/mol. The number of hydrogen-bond donors (Lipinski definition) is 1. The van der Waals surface area contributed by atoms with E-state index < -0.39 is 0 Å². The Hall–Kier alpha value is -1.72. The van der Waals surface area contributed by atoms with Gasteiger partial charge in [0.25, 0.3) is 0 Å². The van der Waals surface area contributed by atoms with E-state index in [4.69, 9.17) is 4.42 Å². The molecule has 0 amide bonds. The average Bonchev–Trinajstić information content (AvgIpc) is 3.09. The van der Waals surface area contributed by atoms with E-state index in [9.17, 15) is 5.11 Å². The fraction of sp³-hybridized carbons (Fsp3) is 0.429. The SMILES string of the molecule is OC[C@@H]1CCCN1Cc1ccc(-c2cnccn2)o1. The van der Waals surface area contributed by atoms with Crippen molar-refractivity contribution >= 4 is 0 Å². The van der Waals surface area contributed by atoms with Gasteiger partial charge in [-0.15, -0.1) is 0 Å². The van der Waals surface area contributed by atoms with E-state index >= 15 is 0 Å². The third-order valence-corrected chi connectivity index (χ3v) is 3.55. The zero-order valence-electron chi connectivity index (χ0n) is 10.7. The number of furan rings is 1. The van der Waals surface area contributed by atoms with Crippen molar-refractivity contribution in [3.05, 3.63) is 36.5 Å². The molecule has 5 heteroatoms. The highest BCUT2D eigenvalue weighted by Crippen LogP contribution is 2.23. The predicted molar refractivity (Wildman–Crippen MR) is 70.3 cm³/mol. The van der Waals surface area contributed by atoms with Crippen molar-refractivity contribution in [2.75, 3.05) is 13.2 Å². The first-order valence-corrected chi connectivity index (χ1v) is 6.57. The molecule has 5 nitrogen and oxygen atoms in total. The van der Waals surface area contributed by atoms with Crippen LogP contribution in [0.3, 0.4) is 0 Å². The van der Waals surface area contributed by atoms with Crippen LogP contribution in [0.2, 0.25) is 0 Å². The molecule has 1 aliphatic rings. The Kier molecular flexibility index (Phi) is 3.57. The van der Waals surface area contributed by atoms with Crippen molar-refractivity contribution < 1.29 is 9.52 Å². The maximum Gasteiger partial charge on any atom is 0.154 e. The molecule has 0 aromatic carbocycles. The molecule has 1 N–H and O–H groups in total. The summed E-state index contributed by atoms with van der Waals surface area (Å²) in [6.07, 6.45) is 7.19. The molecule has 0 aliphatic carbocycles. The molecule has 1 atom stereocenters. The van der Waals surface area contributed by atoms with Crippen molar-refractivity contribution in [1.82, 2.24) is 14.9 Å². The van der Waals surface area contributed by atoms with Gasteiger partial charge in [0, 0.05) is 18.4 Å². The fourth-order valence-electron chi connectivity index (χ4n) is 2.54. The summed E-state index contributed by atoms with van der Waals surface area (Å²) >= 11 is 0. The summed E-state index contributed by atoms with van der Waals surface area (Å²) in [6, 6.07) is 4.16. The Balaban J connectivity index is 1.72. The summed E-state index contributed by atoms with van der Waals surface area (Å²) in [6.45, 7) is 1.98. The van der Waals surface area contributed by atoms with Crippen LogP contribution in [0.4, 0.5) is 0 Å². The maximum atomic E-state index is 9.31. The standard InChI is InChI=1S/C14H17N3O2/c18-10-11-2-1-7-17(11)9-12-3-4-14(19-12)13-8-15-5-6-16-13/h3-6,8,11,18H,1-2,7,9-10H2/t11-/m0/s1. The summed E-state index contributed by atoms with van der Waals surface area (Å²) in [5, 5.41) is 9.31. The summed E-state index contributed by atoms with van der Waals surface area (Å²) in [7, 11) is 0.